The number of anilines is 1. The van der Waals surface area contributed by atoms with Gasteiger partial charge in [-0.1, -0.05) is 61.5 Å². The molecule has 0 aromatic heterocycles. The van der Waals surface area contributed by atoms with Gasteiger partial charge in [0.2, 0.25) is 5.91 Å². The van der Waals surface area contributed by atoms with Crippen molar-refractivity contribution in [2.24, 2.45) is 0 Å². The molecule has 0 aliphatic carbocycles. The Morgan fingerprint density at radius 2 is 1.55 bits per heavy atom. The second kappa shape index (κ2) is 6.44. The molecule has 0 saturated carbocycles. The number of aryl methyl sites for hydroxylation is 1. The molecule has 0 spiro atoms. The number of nitrogens with one attached hydrogen (secondary N) is 1. The topological polar surface area (TPSA) is 29.1 Å². The smallest absolute Gasteiger partial charge is 0.228 e. The first-order chi connectivity index (χ1) is 10.7. The minimum atomic E-state index is 0.0135. The van der Waals surface area contributed by atoms with E-state index in [0.717, 1.165) is 23.1 Å². The lowest BCUT2D eigenvalue weighted by atomic mass is 10.1. The molecule has 1 amide bonds. The fourth-order valence-electron chi connectivity index (χ4n) is 2.55. The first-order valence-electron chi connectivity index (χ1n) is 7.61. The van der Waals surface area contributed by atoms with Crippen LogP contribution in [-0.4, -0.2) is 5.91 Å². The van der Waals surface area contributed by atoms with E-state index in [1.807, 2.05) is 42.5 Å². The fraction of sp³-hybridized carbons (Fsp3) is 0.150. The average Bonchev–Trinajstić information content (AvgIpc) is 2.55. The van der Waals surface area contributed by atoms with Crippen LogP contribution in [0.2, 0.25) is 0 Å². The average molecular weight is 289 g/mol. The molecule has 0 heterocycles. The Morgan fingerprint density at radius 3 is 2.27 bits per heavy atom. The van der Waals surface area contributed by atoms with E-state index < -0.39 is 0 Å². The fourth-order valence-corrected chi connectivity index (χ4v) is 2.55. The second-order valence-corrected chi connectivity index (χ2v) is 5.46. The van der Waals surface area contributed by atoms with Crippen LogP contribution in [0.25, 0.3) is 10.8 Å². The molecular formula is C20H19NO. The van der Waals surface area contributed by atoms with Gasteiger partial charge in [0, 0.05) is 5.69 Å². The lowest BCUT2D eigenvalue weighted by Crippen LogP contribution is -2.14. The highest BCUT2D eigenvalue weighted by molar-refractivity contribution is 5.95. The Bertz CT molecular complexity index is 790. The zero-order chi connectivity index (χ0) is 15.4. The van der Waals surface area contributed by atoms with E-state index in [1.54, 1.807) is 0 Å². The minimum absolute atomic E-state index is 0.0135. The van der Waals surface area contributed by atoms with Crippen molar-refractivity contribution in [3.63, 3.8) is 0 Å². The third-order valence-electron chi connectivity index (χ3n) is 3.83. The van der Waals surface area contributed by atoms with E-state index >= 15 is 0 Å². The van der Waals surface area contributed by atoms with Gasteiger partial charge in [0.1, 0.15) is 0 Å². The second-order valence-electron chi connectivity index (χ2n) is 5.46. The highest BCUT2D eigenvalue weighted by Gasteiger charge is 2.05. The number of amides is 1. The van der Waals surface area contributed by atoms with E-state index in [1.165, 1.54) is 10.9 Å². The van der Waals surface area contributed by atoms with Gasteiger partial charge in [-0.05, 0) is 40.5 Å². The van der Waals surface area contributed by atoms with Crippen LogP contribution >= 0.6 is 0 Å². The van der Waals surface area contributed by atoms with E-state index in [9.17, 15) is 4.79 Å². The molecular weight excluding hydrogens is 270 g/mol. The summed E-state index contributed by atoms with van der Waals surface area (Å²) in [6.45, 7) is 2.13. The number of carbonyl (C=O) groups excluding carboxylic acids is 1. The zero-order valence-electron chi connectivity index (χ0n) is 12.7. The lowest BCUT2D eigenvalue weighted by molar-refractivity contribution is -0.115. The maximum Gasteiger partial charge on any atom is 0.228 e. The van der Waals surface area contributed by atoms with Crippen molar-refractivity contribution >= 4 is 22.4 Å². The van der Waals surface area contributed by atoms with E-state index in [0.29, 0.717) is 6.42 Å². The Hall–Kier alpha value is -2.61. The van der Waals surface area contributed by atoms with Crippen LogP contribution < -0.4 is 5.32 Å². The van der Waals surface area contributed by atoms with Crippen LogP contribution in [0.3, 0.4) is 0 Å². The normalized spacial score (nSPS) is 10.6. The van der Waals surface area contributed by atoms with Gasteiger partial charge in [0.05, 0.1) is 6.42 Å². The summed E-state index contributed by atoms with van der Waals surface area (Å²) >= 11 is 0. The largest absolute Gasteiger partial charge is 0.326 e. The summed E-state index contributed by atoms with van der Waals surface area (Å²) in [5.74, 6) is 0.0135. The maximum atomic E-state index is 12.2. The van der Waals surface area contributed by atoms with Gasteiger partial charge < -0.3 is 5.32 Å². The zero-order valence-corrected chi connectivity index (χ0v) is 12.7. The van der Waals surface area contributed by atoms with E-state index in [-0.39, 0.29) is 5.91 Å². The van der Waals surface area contributed by atoms with Crippen molar-refractivity contribution in [3.8, 4) is 0 Å². The van der Waals surface area contributed by atoms with Crippen LogP contribution in [0.4, 0.5) is 5.69 Å². The van der Waals surface area contributed by atoms with Crippen LogP contribution in [0.5, 0.6) is 0 Å². The SMILES string of the molecule is CCc1ccc(CC(=O)Nc2ccc3ccccc3c2)cc1. The predicted molar refractivity (Wildman–Crippen MR) is 92.1 cm³/mol. The third kappa shape index (κ3) is 3.34. The van der Waals surface area contributed by atoms with Gasteiger partial charge in [0.15, 0.2) is 0 Å². The molecule has 3 aromatic carbocycles. The summed E-state index contributed by atoms with van der Waals surface area (Å²) in [4.78, 5) is 12.2. The molecule has 2 nitrogen and oxygen atoms in total. The van der Waals surface area contributed by atoms with Crippen LogP contribution in [0.15, 0.2) is 66.7 Å². The number of rotatable bonds is 4. The van der Waals surface area contributed by atoms with E-state index in [2.05, 4.69) is 36.5 Å². The summed E-state index contributed by atoms with van der Waals surface area (Å²) in [6, 6.07) is 22.3. The molecule has 0 atom stereocenters. The standard InChI is InChI=1S/C20H19NO/c1-2-15-7-9-16(10-8-15)13-20(22)21-19-12-11-17-5-3-4-6-18(17)14-19/h3-12,14H,2,13H2,1H3,(H,21,22). The first kappa shape index (κ1) is 14.3. The van der Waals surface area contributed by atoms with Crippen molar-refractivity contribution in [3.05, 3.63) is 77.9 Å². The van der Waals surface area contributed by atoms with Gasteiger partial charge in [0.25, 0.3) is 0 Å². The maximum absolute atomic E-state index is 12.2. The van der Waals surface area contributed by atoms with Gasteiger partial charge in [-0.3, -0.25) is 4.79 Å². The Morgan fingerprint density at radius 1 is 0.864 bits per heavy atom. The van der Waals surface area contributed by atoms with Crippen molar-refractivity contribution in [1.82, 2.24) is 0 Å². The molecule has 0 radical (unpaired) electrons. The number of hydrogen-bond acceptors (Lipinski definition) is 1. The summed E-state index contributed by atoms with van der Waals surface area (Å²) < 4.78 is 0. The summed E-state index contributed by atoms with van der Waals surface area (Å²) in [7, 11) is 0. The third-order valence-corrected chi connectivity index (χ3v) is 3.83. The molecule has 3 aromatic rings. The summed E-state index contributed by atoms with van der Waals surface area (Å²) in [5, 5.41) is 5.28. The highest BCUT2D eigenvalue weighted by Crippen LogP contribution is 2.19. The molecule has 0 unspecified atom stereocenters. The van der Waals surface area contributed by atoms with E-state index in [4.69, 9.17) is 0 Å². The molecule has 0 fully saturated rings. The van der Waals surface area contributed by atoms with Crippen molar-refractivity contribution in [2.45, 2.75) is 19.8 Å². The van der Waals surface area contributed by atoms with Crippen molar-refractivity contribution < 1.29 is 4.79 Å². The van der Waals surface area contributed by atoms with Crippen LogP contribution in [0.1, 0.15) is 18.1 Å². The molecule has 22 heavy (non-hydrogen) atoms. The van der Waals surface area contributed by atoms with Gasteiger partial charge in [-0.25, -0.2) is 0 Å². The summed E-state index contributed by atoms with van der Waals surface area (Å²) in [6.07, 6.45) is 1.42. The van der Waals surface area contributed by atoms with Gasteiger partial charge >= 0.3 is 0 Å². The minimum Gasteiger partial charge on any atom is -0.326 e. The van der Waals surface area contributed by atoms with Crippen LogP contribution in [-0.2, 0) is 17.6 Å². The molecule has 0 bridgehead atoms. The highest BCUT2D eigenvalue weighted by atomic mass is 16.1. The van der Waals surface area contributed by atoms with Crippen molar-refractivity contribution in [1.29, 1.82) is 0 Å². The van der Waals surface area contributed by atoms with Gasteiger partial charge in [-0.2, -0.15) is 0 Å². The Labute approximate surface area is 130 Å². The predicted octanol–water partition coefficient (Wildman–Crippen LogP) is 4.58. The molecule has 2 heteroatoms. The molecule has 1 N–H and O–H groups in total. The number of benzene rings is 3. The molecule has 0 aliphatic rings. The summed E-state index contributed by atoms with van der Waals surface area (Å²) in [5.41, 5.74) is 3.17. The van der Waals surface area contributed by atoms with Crippen LogP contribution in [0, 0.1) is 0 Å². The Balaban J connectivity index is 1.69. The molecule has 0 aliphatic heterocycles. The monoisotopic (exact) mass is 289 g/mol. The number of fused-ring (bicyclic) bond motifs is 1. The molecule has 110 valence electrons. The quantitative estimate of drug-likeness (QED) is 0.748. The molecule has 0 saturated heterocycles. The lowest BCUT2D eigenvalue weighted by Gasteiger charge is -2.07. The van der Waals surface area contributed by atoms with Crippen molar-refractivity contribution in [2.75, 3.05) is 5.32 Å². The Kier molecular flexibility index (Phi) is 4.19. The van der Waals surface area contributed by atoms with Gasteiger partial charge in [-0.15, -0.1) is 0 Å². The molecule has 3 rings (SSSR count). The number of carbonyl (C=O) groups is 1. The first-order valence-corrected chi connectivity index (χ1v) is 7.61. The number of hydrogen-bond donors (Lipinski definition) is 1.